The molecule has 0 unspecified atom stereocenters. The van der Waals surface area contributed by atoms with Crippen LogP contribution in [0.3, 0.4) is 0 Å². The van der Waals surface area contributed by atoms with Crippen LogP contribution < -0.4 is 0 Å². The van der Waals surface area contributed by atoms with E-state index in [1.165, 1.54) is 29.8 Å². The molecule has 1 N–H and O–H groups in total. The Morgan fingerprint density at radius 3 is 2.74 bits per heavy atom. The van der Waals surface area contributed by atoms with Crippen LogP contribution in [0.25, 0.3) is 0 Å². The van der Waals surface area contributed by atoms with Gasteiger partial charge in [0.2, 0.25) is 10.0 Å². The van der Waals surface area contributed by atoms with Gasteiger partial charge in [-0.3, -0.25) is 4.98 Å². The van der Waals surface area contributed by atoms with E-state index >= 15 is 0 Å². The normalized spacial score (nSPS) is 19.5. The molecule has 6 nitrogen and oxygen atoms in total. The quantitative estimate of drug-likeness (QED) is 0.858. The average Bonchev–Trinajstić information content (AvgIpc) is 2.40. The maximum Gasteiger partial charge on any atom is 0.244 e. The Morgan fingerprint density at radius 1 is 1.47 bits per heavy atom. The lowest BCUT2D eigenvalue weighted by Crippen LogP contribution is -2.47. The Kier molecular flexibility index (Phi) is 4.19. The van der Waals surface area contributed by atoms with Crippen LogP contribution in [0.5, 0.6) is 0 Å². The van der Waals surface area contributed by atoms with Gasteiger partial charge in [-0.15, -0.1) is 0 Å². The zero-order valence-corrected chi connectivity index (χ0v) is 11.6. The molecule has 1 aliphatic rings. The van der Waals surface area contributed by atoms with E-state index in [4.69, 9.17) is 4.74 Å². The van der Waals surface area contributed by atoms with E-state index in [0.717, 1.165) is 0 Å². The molecule has 0 radical (unpaired) electrons. The molecule has 1 aromatic heterocycles. The van der Waals surface area contributed by atoms with Gasteiger partial charge in [-0.05, 0) is 12.1 Å². The summed E-state index contributed by atoms with van der Waals surface area (Å²) in [6.45, 7) is 0.974. The molecule has 7 heteroatoms. The average molecular weight is 286 g/mol. The number of aliphatic hydroxyl groups is 1. The van der Waals surface area contributed by atoms with Gasteiger partial charge < -0.3 is 9.84 Å². The van der Waals surface area contributed by atoms with Gasteiger partial charge in [0, 0.05) is 52.0 Å². The summed E-state index contributed by atoms with van der Waals surface area (Å²) in [7, 11) is -2.14. The molecule has 0 spiro atoms. The lowest BCUT2D eigenvalue weighted by molar-refractivity contribution is -0.0689. The van der Waals surface area contributed by atoms with Crippen molar-refractivity contribution in [3.63, 3.8) is 0 Å². The first-order valence-corrected chi connectivity index (χ1v) is 7.55. The summed E-state index contributed by atoms with van der Waals surface area (Å²) >= 11 is 0. The van der Waals surface area contributed by atoms with Crippen LogP contribution in [0.1, 0.15) is 12.8 Å². The summed E-state index contributed by atoms with van der Waals surface area (Å²) < 4.78 is 30.9. The van der Waals surface area contributed by atoms with Gasteiger partial charge in [-0.1, -0.05) is 0 Å². The first-order valence-electron chi connectivity index (χ1n) is 6.11. The van der Waals surface area contributed by atoms with E-state index < -0.39 is 15.6 Å². The minimum absolute atomic E-state index is 0.0631. The third-order valence-corrected chi connectivity index (χ3v) is 5.07. The number of pyridine rings is 1. The van der Waals surface area contributed by atoms with E-state index in [1.807, 2.05) is 0 Å². The van der Waals surface area contributed by atoms with Crippen LogP contribution in [0.2, 0.25) is 0 Å². The van der Waals surface area contributed by atoms with E-state index in [-0.39, 0.29) is 11.4 Å². The summed E-state index contributed by atoms with van der Waals surface area (Å²) in [6, 6.07) is 3.07. The van der Waals surface area contributed by atoms with E-state index in [2.05, 4.69) is 4.98 Å². The van der Waals surface area contributed by atoms with Crippen LogP contribution in [0.4, 0.5) is 0 Å². The second-order valence-corrected chi connectivity index (χ2v) is 6.83. The third-order valence-electron chi connectivity index (χ3n) is 3.28. The fraction of sp³-hybridized carbons (Fsp3) is 0.583. The highest BCUT2D eigenvalue weighted by atomic mass is 32.2. The lowest BCUT2D eigenvalue weighted by Gasteiger charge is -2.34. The first kappa shape index (κ1) is 14.4. The molecule has 2 rings (SSSR count). The number of nitrogens with zero attached hydrogens (tertiary/aromatic N) is 2. The summed E-state index contributed by atoms with van der Waals surface area (Å²) in [5.74, 6) is 0. The Bertz CT molecular complexity index is 512. The van der Waals surface area contributed by atoms with Crippen LogP contribution >= 0.6 is 0 Å². The van der Waals surface area contributed by atoms with Crippen molar-refractivity contribution in [2.45, 2.75) is 23.3 Å². The van der Waals surface area contributed by atoms with E-state index in [9.17, 15) is 13.5 Å². The maximum atomic E-state index is 12.3. The number of sulfonamides is 1. The molecule has 1 fully saturated rings. The summed E-state index contributed by atoms with van der Waals surface area (Å²) in [4.78, 5) is 3.94. The SMILES string of the molecule is CN(CC1(O)CCOCC1)S(=O)(=O)c1cccnc1. The molecule has 19 heavy (non-hydrogen) atoms. The van der Waals surface area contributed by atoms with Gasteiger partial charge in [0.05, 0.1) is 5.60 Å². The predicted molar refractivity (Wildman–Crippen MR) is 69.1 cm³/mol. The molecule has 2 heterocycles. The topological polar surface area (TPSA) is 79.7 Å². The molecule has 0 aromatic carbocycles. The zero-order valence-electron chi connectivity index (χ0n) is 10.8. The smallest absolute Gasteiger partial charge is 0.244 e. The number of hydrogen-bond donors (Lipinski definition) is 1. The standard InChI is InChI=1S/C12H18N2O4S/c1-14(10-12(15)4-7-18-8-5-12)19(16,17)11-3-2-6-13-9-11/h2-3,6,9,15H,4-5,7-8,10H2,1H3. The largest absolute Gasteiger partial charge is 0.388 e. The lowest BCUT2D eigenvalue weighted by atomic mass is 9.95. The van der Waals surface area contributed by atoms with Gasteiger partial charge in [0.25, 0.3) is 0 Å². The fourth-order valence-electron chi connectivity index (χ4n) is 2.09. The molecule has 0 bridgehead atoms. The molecule has 0 atom stereocenters. The van der Waals surface area contributed by atoms with Gasteiger partial charge in [-0.25, -0.2) is 8.42 Å². The van der Waals surface area contributed by atoms with Crippen molar-refractivity contribution >= 4 is 10.0 Å². The molecule has 0 aliphatic carbocycles. The third kappa shape index (κ3) is 3.30. The van der Waals surface area contributed by atoms with Crippen molar-refractivity contribution < 1.29 is 18.3 Å². The molecule has 1 saturated heterocycles. The maximum absolute atomic E-state index is 12.3. The summed E-state index contributed by atoms with van der Waals surface area (Å²) in [5, 5.41) is 10.4. The van der Waals surface area contributed by atoms with Crippen molar-refractivity contribution in [3.8, 4) is 0 Å². The predicted octanol–water partition coefficient (Wildman–Crippen LogP) is 0.244. The van der Waals surface area contributed by atoms with E-state index in [1.54, 1.807) is 6.07 Å². The van der Waals surface area contributed by atoms with Gasteiger partial charge in [-0.2, -0.15) is 4.31 Å². The van der Waals surface area contributed by atoms with E-state index in [0.29, 0.717) is 26.1 Å². The van der Waals surface area contributed by atoms with Gasteiger partial charge >= 0.3 is 0 Å². The summed E-state index contributed by atoms with van der Waals surface area (Å²) in [6.07, 6.45) is 3.71. The minimum atomic E-state index is -3.61. The van der Waals surface area contributed by atoms with Gasteiger partial charge in [0.15, 0.2) is 0 Å². The fourth-order valence-corrected chi connectivity index (χ4v) is 3.30. The van der Waals surface area contributed by atoms with Crippen molar-refractivity contribution in [2.24, 2.45) is 0 Å². The Labute approximate surface area is 113 Å². The highest BCUT2D eigenvalue weighted by molar-refractivity contribution is 7.89. The van der Waals surface area contributed by atoms with Crippen LogP contribution in [-0.2, 0) is 14.8 Å². The van der Waals surface area contributed by atoms with Crippen molar-refractivity contribution in [1.82, 2.24) is 9.29 Å². The highest BCUT2D eigenvalue weighted by Gasteiger charge is 2.34. The second-order valence-electron chi connectivity index (χ2n) is 4.79. The molecule has 1 aromatic rings. The molecule has 106 valence electrons. The Balaban J connectivity index is 2.13. The molecule has 0 saturated carbocycles. The molecule has 0 amide bonds. The highest BCUT2D eigenvalue weighted by Crippen LogP contribution is 2.23. The number of likely N-dealkylation sites (N-methyl/N-ethyl adjacent to an activating group) is 1. The molecular formula is C12H18N2O4S. The van der Waals surface area contributed by atoms with Gasteiger partial charge in [0.1, 0.15) is 4.90 Å². The first-order chi connectivity index (χ1) is 8.94. The van der Waals surface area contributed by atoms with Crippen LogP contribution in [0.15, 0.2) is 29.4 Å². The molecular weight excluding hydrogens is 268 g/mol. The van der Waals surface area contributed by atoms with Crippen molar-refractivity contribution in [1.29, 1.82) is 0 Å². The number of rotatable bonds is 4. The second kappa shape index (κ2) is 5.54. The number of ether oxygens (including phenoxy) is 1. The zero-order chi connectivity index (χ0) is 13.9. The minimum Gasteiger partial charge on any atom is -0.388 e. The number of aromatic nitrogens is 1. The number of hydrogen-bond acceptors (Lipinski definition) is 5. The Morgan fingerprint density at radius 2 is 2.16 bits per heavy atom. The van der Waals surface area contributed by atoms with Crippen molar-refractivity contribution in [3.05, 3.63) is 24.5 Å². The summed E-state index contributed by atoms with van der Waals surface area (Å²) in [5.41, 5.74) is -1.01. The Hall–Kier alpha value is -1.02. The van der Waals surface area contributed by atoms with Crippen LogP contribution in [-0.4, -0.2) is 55.2 Å². The van der Waals surface area contributed by atoms with Crippen LogP contribution in [0, 0.1) is 0 Å². The van der Waals surface area contributed by atoms with Crippen molar-refractivity contribution in [2.75, 3.05) is 26.8 Å². The monoisotopic (exact) mass is 286 g/mol. The molecule has 1 aliphatic heterocycles.